The Bertz CT molecular complexity index is 480. The summed E-state index contributed by atoms with van der Waals surface area (Å²) >= 11 is 0. The Morgan fingerprint density at radius 1 is 1.41 bits per heavy atom. The number of nitrogens with two attached hydrogens (primary N) is 1. The predicted molar refractivity (Wildman–Crippen MR) is 65.2 cm³/mol. The summed E-state index contributed by atoms with van der Waals surface area (Å²) < 4.78 is 13.1. The minimum Gasteiger partial charge on any atom is -0.370 e. The summed E-state index contributed by atoms with van der Waals surface area (Å²) in [5, 5.41) is 0. The molecule has 1 saturated carbocycles. The second kappa shape index (κ2) is 3.72. The van der Waals surface area contributed by atoms with Gasteiger partial charge in [-0.05, 0) is 43.0 Å². The Hall–Kier alpha value is -1.58. The van der Waals surface area contributed by atoms with Crippen LogP contribution >= 0.6 is 0 Å². The highest BCUT2D eigenvalue weighted by atomic mass is 19.1. The van der Waals surface area contributed by atoms with Gasteiger partial charge in [0.05, 0.1) is 12.6 Å². The van der Waals surface area contributed by atoms with Crippen molar-refractivity contribution in [2.45, 2.75) is 31.8 Å². The van der Waals surface area contributed by atoms with E-state index < -0.39 is 0 Å². The quantitative estimate of drug-likeness (QED) is 0.848. The van der Waals surface area contributed by atoms with Crippen molar-refractivity contribution in [1.29, 1.82) is 0 Å². The van der Waals surface area contributed by atoms with E-state index in [1.165, 1.54) is 18.9 Å². The van der Waals surface area contributed by atoms with E-state index >= 15 is 0 Å². The largest absolute Gasteiger partial charge is 0.370 e. The molecule has 0 saturated heterocycles. The third-order valence-corrected chi connectivity index (χ3v) is 3.56. The van der Waals surface area contributed by atoms with Gasteiger partial charge >= 0.3 is 0 Å². The van der Waals surface area contributed by atoms with Gasteiger partial charge < -0.3 is 10.6 Å². The minimum atomic E-state index is -0.184. The molecule has 0 amide bonds. The fourth-order valence-electron chi connectivity index (χ4n) is 2.56. The van der Waals surface area contributed by atoms with E-state index in [0.29, 0.717) is 18.5 Å². The average molecular weight is 233 g/mol. The van der Waals surface area contributed by atoms with Gasteiger partial charge in [-0.1, -0.05) is 6.07 Å². The smallest absolute Gasteiger partial charge is 0.192 e. The molecule has 0 radical (unpaired) electrons. The van der Waals surface area contributed by atoms with Crippen LogP contribution in [-0.2, 0) is 0 Å². The van der Waals surface area contributed by atoms with Gasteiger partial charge in [0, 0.05) is 6.04 Å². The van der Waals surface area contributed by atoms with E-state index in [1.54, 1.807) is 6.07 Å². The molecule has 1 aromatic rings. The fraction of sp³-hybridized carbons (Fsp3) is 0.462. The summed E-state index contributed by atoms with van der Waals surface area (Å²) in [5.74, 6) is 0.456. The maximum Gasteiger partial charge on any atom is 0.192 e. The van der Waals surface area contributed by atoms with Gasteiger partial charge in [0.1, 0.15) is 5.82 Å². The Balaban J connectivity index is 1.93. The Morgan fingerprint density at radius 2 is 2.18 bits per heavy atom. The van der Waals surface area contributed by atoms with Gasteiger partial charge in [-0.2, -0.15) is 0 Å². The highest BCUT2D eigenvalue weighted by Gasteiger charge is 2.39. The topological polar surface area (TPSA) is 41.6 Å². The lowest BCUT2D eigenvalue weighted by molar-refractivity contribution is 0.336. The lowest BCUT2D eigenvalue weighted by atomic mass is 10.0. The number of hydrogen-bond donors (Lipinski definition) is 1. The molecule has 1 aromatic carbocycles. The number of rotatable bonds is 2. The van der Waals surface area contributed by atoms with Crippen molar-refractivity contribution in [2.75, 3.05) is 6.54 Å². The van der Waals surface area contributed by atoms with Crippen molar-refractivity contribution >= 4 is 5.96 Å². The summed E-state index contributed by atoms with van der Waals surface area (Å²) in [4.78, 5) is 6.52. The molecule has 0 bridgehead atoms. The number of aryl methyl sites for hydroxylation is 1. The Labute approximate surface area is 100 Å². The lowest BCUT2D eigenvalue weighted by Gasteiger charge is -2.27. The summed E-state index contributed by atoms with van der Waals surface area (Å²) in [6, 6.07) is 5.69. The number of hydrogen-bond acceptors (Lipinski definition) is 3. The van der Waals surface area contributed by atoms with Crippen LogP contribution in [0.5, 0.6) is 0 Å². The first-order chi connectivity index (χ1) is 8.16. The van der Waals surface area contributed by atoms with Gasteiger partial charge in [-0.25, -0.2) is 4.39 Å². The van der Waals surface area contributed by atoms with E-state index in [9.17, 15) is 4.39 Å². The van der Waals surface area contributed by atoms with Crippen LogP contribution in [0.25, 0.3) is 0 Å². The minimum absolute atomic E-state index is 0.184. The monoisotopic (exact) mass is 233 g/mol. The van der Waals surface area contributed by atoms with Crippen molar-refractivity contribution in [2.24, 2.45) is 10.7 Å². The second-order valence-corrected chi connectivity index (χ2v) is 4.85. The number of benzene rings is 1. The van der Waals surface area contributed by atoms with Crippen LogP contribution in [0.15, 0.2) is 23.2 Å². The standard InChI is InChI=1S/C13H16FN3/c1-8-6-9(14)2-5-11(8)12-7-16-13(15)17(12)10-3-4-10/h2,5-6,10,12H,3-4,7H2,1H3,(H2,15,16). The molecule has 1 heterocycles. The summed E-state index contributed by atoms with van der Waals surface area (Å²) in [7, 11) is 0. The summed E-state index contributed by atoms with van der Waals surface area (Å²) in [6.45, 7) is 2.63. The first-order valence-electron chi connectivity index (χ1n) is 6.01. The van der Waals surface area contributed by atoms with Crippen molar-refractivity contribution in [3.05, 3.63) is 35.1 Å². The molecule has 1 unspecified atom stereocenters. The molecule has 17 heavy (non-hydrogen) atoms. The molecule has 0 aromatic heterocycles. The van der Waals surface area contributed by atoms with Crippen LogP contribution in [0.1, 0.15) is 30.0 Å². The fourth-order valence-corrected chi connectivity index (χ4v) is 2.56. The second-order valence-electron chi connectivity index (χ2n) is 4.85. The van der Waals surface area contributed by atoms with Crippen LogP contribution in [0, 0.1) is 12.7 Å². The maximum atomic E-state index is 13.1. The molecule has 1 atom stereocenters. The average Bonchev–Trinajstić information content (AvgIpc) is 3.03. The van der Waals surface area contributed by atoms with E-state index in [1.807, 2.05) is 13.0 Å². The molecule has 90 valence electrons. The van der Waals surface area contributed by atoms with E-state index in [-0.39, 0.29) is 11.9 Å². The molecule has 3 nitrogen and oxygen atoms in total. The maximum absolute atomic E-state index is 13.1. The molecule has 1 aliphatic carbocycles. The van der Waals surface area contributed by atoms with Crippen LogP contribution in [0.3, 0.4) is 0 Å². The van der Waals surface area contributed by atoms with Gasteiger partial charge in [0.15, 0.2) is 5.96 Å². The molecule has 2 N–H and O–H groups in total. The van der Waals surface area contributed by atoms with Crippen molar-refractivity contribution < 1.29 is 4.39 Å². The van der Waals surface area contributed by atoms with E-state index in [2.05, 4.69) is 9.89 Å². The van der Waals surface area contributed by atoms with Gasteiger partial charge in [0.25, 0.3) is 0 Å². The van der Waals surface area contributed by atoms with Crippen LogP contribution in [0.4, 0.5) is 4.39 Å². The molecule has 1 fully saturated rings. The molecule has 3 rings (SSSR count). The lowest BCUT2D eigenvalue weighted by Crippen LogP contribution is -2.38. The molecule has 1 aliphatic heterocycles. The number of aliphatic imine (C=N–C) groups is 1. The predicted octanol–water partition coefficient (Wildman–Crippen LogP) is 1.97. The normalized spacial score (nSPS) is 24.0. The SMILES string of the molecule is Cc1cc(F)ccc1C1CN=C(N)N1C1CC1. The summed E-state index contributed by atoms with van der Waals surface area (Å²) in [5.41, 5.74) is 8.05. The zero-order chi connectivity index (χ0) is 12.0. The first kappa shape index (κ1) is 10.6. The van der Waals surface area contributed by atoms with E-state index in [0.717, 1.165) is 11.1 Å². The molecule has 0 spiro atoms. The third-order valence-electron chi connectivity index (χ3n) is 3.56. The van der Waals surface area contributed by atoms with Crippen molar-refractivity contribution in [3.63, 3.8) is 0 Å². The molecular weight excluding hydrogens is 217 g/mol. The molecular formula is C13H16FN3. The summed E-state index contributed by atoms with van der Waals surface area (Å²) in [6.07, 6.45) is 2.37. The van der Waals surface area contributed by atoms with E-state index in [4.69, 9.17) is 5.73 Å². The zero-order valence-corrected chi connectivity index (χ0v) is 9.86. The highest BCUT2D eigenvalue weighted by Crippen LogP contribution is 2.37. The van der Waals surface area contributed by atoms with Crippen LogP contribution in [-0.4, -0.2) is 23.4 Å². The van der Waals surface area contributed by atoms with Gasteiger partial charge in [-0.3, -0.25) is 4.99 Å². The van der Waals surface area contributed by atoms with Crippen LogP contribution < -0.4 is 5.73 Å². The Morgan fingerprint density at radius 3 is 2.82 bits per heavy atom. The molecule has 2 aliphatic rings. The van der Waals surface area contributed by atoms with Crippen molar-refractivity contribution in [3.8, 4) is 0 Å². The van der Waals surface area contributed by atoms with Crippen molar-refractivity contribution in [1.82, 2.24) is 4.90 Å². The number of halogens is 1. The third kappa shape index (κ3) is 1.77. The molecule has 4 heteroatoms. The highest BCUT2D eigenvalue weighted by molar-refractivity contribution is 5.81. The Kier molecular flexibility index (Phi) is 2.31. The number of guanidine groups is 1. The van der Waals surface area contributed by atoms with Crippen LogP contribution in [0.2, 0.25) is 0 Å². The zero-order valence-electron chi connectivity index (χ0n) is 9.86. The number of nitrogens with zero attached hydrogens (tertiary/aromatic N) is 2. The van der Waals surface area contributed by atoms with Gasteiger partial charge in [-0.15, -0.1) is 0 Å². The van der Waals surface area contributed by atoms with Gasteiger partial charge in [0.2, 0.25) is 0 Å². The first-order valence-corrected chi connectivity index (χ1v) is 6.01.